The van der Waals surface area contributed by atoms with E-state index in [0.717, 1.165) is 23.2 Å². The van der Waals surface area contributed by atoms with Gasteiger partial charge in [-0.05, 0) is 35.9 Å². The van der Waals surface area contributed by atoms with E-state index in [-0.39, 0.29) is 0 Å². The third kappa shape index (κ3) is 2.10. The van der Waals surface area contributed by atoms with Gasteiger partial charge in [0.1, 0.15) is 0 Å². The molecule has 4 nitrogen and oxygen atoms in total. The topological polar surface area (TPSA) is 72.2 Å². The fourth-order valence-corrected chi connectivity index (χ4v) is 2.22. The van der Waals surface area contributed by atoms with Gasteiger partial charge in [0, 0.05) is 6.54 Å². The highest BCUT2D eigenvalue weighted by atomic mass is 32.2. The lowest BCUT2D eigenvalue weighted by Gasteiger charge is -2.15. The van der Waals surface area contributed by atoms with E-state index in [4.69, 9.17) is 5.14 Å². The molecule has 1 heterocycles. The Morgan fingerprint density at radius 3 is 2.88 bits per heavy atom. The van der Waals surface area contributed by atoms with Crippen LogP contribution in [0.3, 0.4) is 0 Å². The Bertz CT molecular complexity index is 535. The zero-order chi connectivity index (χ0) is 11.8. The molecule has 3 N–H and O–H groups in total. The maximum atomic E-state index is 11.2. The summed E-state index contributed by atoms with van der Waals surface area (Å²) in [5, 5.41) is 7.56. The Balaban J connectivity index is 2.42. The fraction of sp³-hybridized carbons (Fsp3) is 0.273. The zero-order valence-corrected chi connectivity index (χ0v) is 9.79. The van der Waals surface area contributed by atoms with Crippen molar-refractivity contribution in [1.29, 1.82) is 0 Å². The molecule has 0 aliphatic carbocycles. The van der Waals surface area contributed by atoms with Gasteiger partial charge in [0.25, 0.3) is 0 Å². The van der Waals surface area contributed by atoms with Crippen molar-refractivity contribution in [3.63, 3.8) is 0 Å². The molecule has 0 saturated carbocycles. The molecule has 0 saturated heterocycles. The van der Waals surface area contributed by atoms with Gasteiger partial charge in [-0.15, -0.1) is 0 Å². The van der Waals surface area contributed by atoms with Crippen LogP contribution in [-0.4, -0.2) is 8.42 Å². The molecule has 0 aromatic heterocycles. The summed E-state index contributed by atoms with van der Waals surface area (Å²) in [6.45, 7) is 2.37. The molecule has 86 valence electrons. The van der Waals surface area contributed by atoms with E-state index in [0.29, 0.717) is 0 Å². The van der Waals surface area contributed by atoms with Gasteiger partial charge >= 0.3 is 0 Å². The van der Waals surface area contributed by atoms with Crippen molar-refractivity contribution in [2.45, 2.75) is 18.7 Å². The molecule has 0 radical (unpaired) electrons. The Morgan fingerprint density at radius 2 is 2.19 bits per heavy atom. The number of hydrogen-bond acceptors (Lipinski definition) is 3. The lowest BCUT2D eigenvalue weighted by Crippen LogP contribution is -2.19. The van der Waals surface area contributed by atoms with Crippen LogP contribution >= 0.6 is 0 Å². The van der Waals surface area contributed by atoms with Crippen molar-refractivity contribution in [1.82, 2.24) is 5.32 Å². The third-order valence-corrected chi connectivity index (χ3v) is 4.06. The first-order valence-electron chi connectivity index (χ1n) is 5.03. The quantitative estimate of drug-likeness (QED) is 0.810. The molecular weight excluding hydrogens is 224 g/mol. The second-order valence-electron chi connectivity index (χ2n) is 3.90. The Morgan fingerprint density at radius 1 is 1.44 bits per heavy atom. The van der Waals surface area contributed by atoms with Crippen molar-refractivity contribution in [2.24, 2.45) is 5.14 Å². The predicted molar refractivity (Wildman–Crippen MR) is 63.8 cm³/mol. The van der Waals surface area contributed by atoms with Crippen LogP contribution in [0.15, 0.2) is 24.4 Å². The molecule has 1 atom stereocenters. The minimum atomic E-state index is -3.52. The van der Waals surface area contributed by atoms with Crippen LogP contribution in [0.5, 0.6) is 0 Å². The van der Waals surface area contributed by atoms with Crippen LogP contribution < -0.4 is 10.5 Å². The highest BCUT2D eigenvalue weighted by Crippen LogP contribution is 2.24. The maximum absolute atomic E-state index is 11.2. The molecule has 0 amide bonds. The molecule has 0 fully saturated rings. The highest BCUT2D eigenvalue weighted by molar-refractivity contribution is 7.89. The predicted octanol–water partition coefficient (Wildman–Crippen LogP) is 1.11. The van der Waals surface area contributed by atoms with Crippen LogP contribution in [0.1, 0.15) is 28.9 Å². The molecule has 1 aliphatic heterocycles. The SMILES string of the molecule is CC(c1ccc2c(c1)C=CNC2)S(N)(=O)=O. The lowest BCUT2D eigenvalue weighted by atomic mass is 10.0. The van der Waals surface area contributed by atoms with E-state index in [1.165, 1.54) is 0 Å². The number of rotatable bonds is 2. The lowest BCUT2D eigenvalue weighted by molar-refractivity contribution is 0.588. The molecule has 2 rings (SSSR count). The summed E-state index contributed by atoms with van der Waals surface area (Å²) < 4.78 is 22.5. The molecule has 0 bridgehead atoms. The molecule has 1 aromatic carbocycles. The van der Waals surface area contributed by atoms with Crippen LogP contribution in [-0.2, 0) is 16.6 Å². The molecular formula is C11H14N2O2S. The van der Waals surface area contributed by atoms with Gasteiger partial charge in [-0.1, -0.05) is 18.2 Å². The fourth-order valence-electron chi connectivity index (χ4n) is 1.69. The molecule has 1 unspecified atom stereocenters. The number of nitrogens with two attached hydrogens (primary N) is 1. The Hall–Kier alpha value is -1.33. The highest BCUT2D eigenvalue weighted by Gasteiger charge is 2.18. The van der Waals surface area contributed by atoms with Crippen molar-refractivity contribution in [3.05, 3.63) is 41.1 Å². The van der Waals surface area contributed by atoms with Crippen molar-refractivity contribution < 1.29 is 8.42 Å². The largest absolute Gasteiger partial charge is 0.387 e. The first kappa shape index (κ1) is 11.2. The summed E-state index contributed by atoms with van der Waals surface area (Å²) in [6.07, 6.45) is 3.78. The smallest absolute Gasteiger partial charge is 0.215 e. The van der Waals surface area contributed by atoms with Gasteiger partial charge < -0.3 is 5.32 Å². The van der Waals surface area contributed by atoms with Gasteiger partial charge in [-0.25, -0.2) is 13.6 Å². The number of sulfonamides is 1. The van der Waals surface area contributed by atoms with Crippen molar-refractivity contribution in [3.8, 4) is 0 Å². The van der Waals surface area contributed by atoms with Gasteiger partial charge in [0.15, 0.2) is 0 Å². The molecule has 16 heavy (non-hydrogen) atoms. The average molecular weight is 238 g/mol. The molecule has 1 aromatic rings. The second kappa shape index (κ2) is 3.92. The number of benzene rings is 1. The summed E-state index contributed by atoms with van der Waals surface area (Å²) in [5.74, 6) is 0. The third-order valence-electron chi connectivity index (χ3n) is 2.81. The number of hydrogen-bond donors (Lipinski definition) is 2. The van der Waals surface area contributed by atoms with Gasteiger partial charge in [0.2, 0.25) is 10.0 Å². The van der Waals surface area contributed by atoms with E-state index < -0.39 is 15.3 Å². The second-order valence-corrected chi connectivity index (χ2v) is 5.79. The van der Waals surface area contributed by atoms with E-state index in [1.807, 2.05) is 30.5 Å². The van der Waals surface area contributed by atoms with E-state index in [1.54, 1.807) is 6.92 Å². The van der Waals surface area contributed by atoms with E-state index >= 15 is 0 Å². The summed E-state index contributed by atoms with van der Waals surface area (Å²) in [7, 11) is -3.52. The van der Waals surface area contributed by atoms with E-state index in [9.17, 15) is 8.42 Å². The monoisotopic (exact) mass is 238 g/mol. The van der Waals surface area contributed by atoms with Crippen molar-refractivity contribution >= 4 is 16.1 Å². The summed E-state index contributed by atoms with van der Waals surface area (Å²) in [6, 6.07) is 5.62. The molecule has 0 spiro atoms. The first-order chi connectivity index (χ1) is 7.48. The number of fused-ring (bicyclic) bond motifs is 1. The number of nitrogens with one attached hydrogen (secondary N) is 1. The maximum Gasteiger partial charge on any atom is 0.215 e. The Kier molecular flexibility index (Phi) is 2.73. The average Bonchev–Trinajstić information content (AvgIpc) is 2.26. The Labute approximate surface area is 95.2 Å². The van der Waals surface area contributed by atoms with Crippen LogP contribution in [0, 0.1) is 0 Å². The zero-order valence-electron chi connectivity index (χ0n) is 8.97. The summed E-state index contributed by atoms with van der Waals surface area (Å²) >= 11 is 0. The van der Waals surface area contributed by atoms with E-state index in [2.05, 4.69) is 5.32 Å². The minimum Gasteiger partial charge on any atom is -0.387 e. The van der Waals surface area contributed by atoms with Crippen LogP contribution in [0.2, 0.25) is 0 Å². The van der Waals surface area contributed by atoms with Gasteiger partial charge in [-0.3, -0.25) is 0 Å². The van der Waals surface area contributed by atoms with Crippen LogP contribution in [0.25, 0.3) is 6.08 Å². The molecule has 1 aliphatic rings. The molecule has 5 heteroatoms. The summed E-state index contributed by atoms with van der Waals surface area (Å²) in [4.78, 5) is 0. The normalized spacial score (nSPS) is 16.4. The first-order valence-corrected chi connectivity index (χ1v) is 6.64. The number of primary sulfonamides is 1. The summed E-state index contributed by atoms with van der Waals surface area (Å²) in [5.41, 5.74) is 2.94. The van der Waals surface area contributed by atoms with Crippen LogP contribution in [0.4, 0.5) is 0 Å². The minimum absolute atomic E-state index is 0.666. The standard InChI is InChI=1S/C11H14N2O2S/c1-8(16(12,14)15)9-2-3-11-7-13-5-4-10(11)6-9/h2-6,8,13H,7H2,1H3,(H2,12,14,15). The van der Waals surface area contributed by atoms with Crippen molar-refractivity contribution in [2.75, 3.05) is 0 Å². The van der Waals surface area contributed by atoms with Gasteiger partial charge in [0.05, 0.1) is 5.25 Å². The van der Waals surface area contributed by atoms with Gasteiger partial charge in [-0.2, -0.15) is 0 Å².